The van der Waals surface area contributed by atoms with Crippen molar-refractivity contribution in [1.29, 1.82) is 0 Å². The summed E-state index contributed by atoms with van der Waals surface area (Å²) in [7, 11) is 3.75. The molecule has 1 aliphatic heterocycles. The Balaban J connectivity index is 1.46. The van der Waals surface area contributed by atoms with Gasteiger partial charge in [-0.3, -0.25) is 4.79 Å². The second-order valence-electron chi connectivity index (χ2n) is 10.2. The lowest BCUT2D eigenvalue weighted by Crippen LogP contribution is -2.44. The van der Waals surface area contributed by atoms with Gasteiger partial charge in [0.1, 0.15) is 16.5 Å². The predicted molar refractivity (Wildman–Crippen MR) is 186 cm³/mol. The molecule has 0 unspecified atom stereocenters. The maximum absolute atomic E-state index is 13.0. The number of aromatic nitrogens is 2. The minimum atomic E-state index is -0.412. The number of halogens is 1. The van der Waals surface area contributed by atoms with Crippen LogP contribution in [0.25, 0.3) is 0 Å². The zero-order valence-corrected chi connectivity index (χ0v) is 27.7. The molecule has 1 saturated heterocycles. The fourth-order valence-electron chi connectivity index (χ4n) is 4.35. The van der Waals surface area contributed by atoms with E-state index in [-0.39, 0.29) is 32.9 Å². The monoisotopic (exact) mass is 662 g/mol. The van der Waals surface area contributed by atoms with Crippen LogP contribution in [-0.4, -0.2) is 92.9 Å². The highest BCUT2D eigenvalue weighted by Gasteiger charge is 2.19. The Morgan fingerprint density at radius 1 is 1.07 bits per heavy atom. The van der Waals surface area contributed by atoms with Gasteiger partial charge in [-0.25, -0.2) is 4.98 Å². The van der Waals surface area contributed by atoms with E-state index in [4.69, 9.17) is 21.1 Å². The van der Waals surface area contributed by atoms with Crippen LogP contribution in [-0.2, 0) is 4.79 Å². The number of aliphatic hydroxyl groups excluding tert-OH is 2. The lowest BCUT2D eigenvalue weighted by atomic mass is 10.2. The second-order valence-corrected chi connectivity index (χ2v) is 13.3. The van der Waals surface area contributed by atoms with Gasteiger partial charge in [0.25, 0.3) is 0 Å². The number of aliphatic hydroxyl groups is 2. The van der Waals surface area contributed by atoms with Gasteiger partial charge in [-0.2, -0.15) is 27.7 Å². The Morgan fingerprint density at radius 3 is 2.43 bits per heavy atom. The molecule has 0 bridgehead atoms. The smallest absolute Gasteiger partial charge is 0.243 e. The van der Waals surface area contributed by atoms with Crippen molar-refractivity contribution in [3.05, 3.63) is 53.7 Å². The zero-order valence-electron chi connectivity index (χ0n) is 25.1. The summed E-state index contributed by atoms with van der Waals surface area (Å²) in [5.41, 5.74) is 2.30. The molecule has 238 valence electrons. The Kier molecular flexibility index (Phi) is 12.4. The Bertz CT molecular complexity index is 1490. The van der Waals surface area contributed by atoms with Crippen molar-refractivity contribution in [2.45, 2.75) is 13.8 Å². The minimum absolute atomic E-state index is 0.138. The molecule has 4 N–H and O–H groups in total. The quantitative estimate of drug-likeness (QED) is 0.112. The van der Waals surface area contributed by atoms with Gasteiger partial charge in [-0.15, -0.1) is 0 Å². The van der Waals surface area contributed by atoms with Crippen LogP contribution >= 0.6 is 34.3 Å². The summed E-state index contributed by atoms with van der Waals surface area (Å²) in [4.78, 5) is 26.5. The first-order valence-corrected chi connectivity index (χ1v) is 16.5. The lowest BCUT2D eigenvalue weighted by molar-refractivity contribution is -0.118. The molecular formula is C30H39ClN6O5S2. The van der Waals surface area contributed by atoms with Gasteiger partial charge in [0, 0.05) is 49.7 Å². The molecule has 1 amide bonds. The van der Waals surface area contributed by atoms with Crippen molar-refractivity contribution >= 4 is 73.3 Å². The molecule has 1 fully saturated rings. The third-order valence-electron chi connectivity index (χ3n) is 6.78. The van der Waals surface area contributed by atoms with E-state index < -0.39 is 5.92 Å². The molecule has 2 heterocycles. The average molecular weight is 663 g/mol. The van der Waals surface area contributed by atoms with Crippen molar-refractivity contribution in [3.63, 3.8) is 0 Å². The van der Waals surface area contributed by atoms with Crippen LogP contribution in [0.1, 0.15) is 13.8 Å². The van der Waals surface area contributed by atoms with Gasteiger partial charge >= 0.3 is 0 Å². The van der Waals surface area contributed by atoms with E-state index in [9.17, 15) is 15.0 Å². The van der Waals surface area contributed by atoms with Gasteiger partial charge < -0.3 is 40.1 Å². The number of hydrogen-bond donors (Lipinski definition) is 6. The fraction of sp³-hybridized carbons (Fsp3) is 0.367. The van der Waals surface area contributed by atoms with Crippen LogP contribution < -0.4 is 25.0 Å². The summed E-state index contributed by atoms with van der Waals surface area (Å²) in [5.74, 6) is 1.71. The summed E-state index contributed by atoms with van der Waals surface area (Å²) < 4.78 is 11.7. The molecule has 44 heavy (non-hydrogen) atoms. The summed E-state index contributed by atoms with van der Waals surface area (Å²) in [6.07, 6.45) is 1.45. The molecule has 0 saturated carbocycles. The Hall–Kier alpha value is -3.20. The number of likely N-dealkylation sites (N-methyl/N-ethyl adjacent to an activating group) is 1. The van der Waals surface area contributed by atoms with E-state index in [0.29, 0.717) is 57.1 Å². The summed E-state index contributed by atoms with van der Waals surface area (Å²) in [6, 6.07) is 12.9. The predicted octanol–water partition coefficient (Wildman–Crippen LogP) is 5.33. The molecule has 0 aliphatic carbocycles. The number of amides is 1. The van der Waals surface area contributed by atoms with Crippen LogP contribution in [0.5, 0.6) is 17.4 Å². The van der Waals surface area contributed by atoms with Crippen molar-refractivity contribution in [2.75, 3.05) is 67.4 Å². The van der Waals surface area contributed by atoms with E-state index in [1.165, 1.54) is 6.20 Å². The standard InChI is InChI=1S/C30H39ClN6O5S2/c1-19(38)43-17-21(18-44-20(2)39)28(40)33-22-6-5-7-24(14-22)42-29-25(31)16-32-30(35-29)34-26-9-8-23(15-27(26)41-4)37-12-10-36(3)11-13-37/h5-9,14-16,21,38-39,43-44H,10-13,17-18H2,1-4H3,(H,33,40)(H,32,34,35). The van der Waals surface area contributed by atoms with E-state index >= 15 is 0 Å². The number of nitrogens with zero attached hydrogens (tertiary/aromatic N) is 4. The third-order valence-corrected chi connectivity index (χ3v) is 9.20. The maximum Gasteiger partial charge on any atom is 0.243 e. The number of carbonyl (C=O) groups excluding carboxylic acids is 1. The minimum Gasteiger partial charge on any atom is -0.494 e. The number of benzene rings is 2. The van der Waals surface area contributed by atoms with Crippen molar-refractivity contribution in [1.82, 2.24) is 14.9 Å². The molecule has 1 aromatic heterocycles. The number of carbonyl (C=O) groups is 1. The Labute approximate surface area is 270 Å². The van der Waals surface area contributed by atoms with Crippen molar-refractivity contribution < 1.29 is 24.5 Å². The second kappa shape index (κ2) is 16.2. The van der Waals surface area contributed by atoms with Gasteiger partial charge in [-0.1, -0.05) is 17.7 Å². The maximum atomic E-state index is 13.0. The normalized spacial score (nSPS) is 15.5. The van der Waals surface area contributed by atoms with E-state index in [1.807, 2.05) is 18.2 Å². The van der Waals surface area contributed by atoms with Gasteiger partial charge in [0.2, 0.25) is 17.7 Å². The van der Waals surface area contributed by atoms with Crippen LogP contribution in [0.2, 0.25) is 5.02 Å². The number of ether oxygens (including phenoxy) is 2. The molecule has 11 nitrogen and oxygen atoms in total. The first-order chi connectivity index (χ1) is 21.1. The molecule has 2 aromatic carbocycles. The number of piperazine rings is 1. The molecular weight excluding hydrogens is 624 g/mol. The van der Waals surface area contributed by atoms with Gasteiger partial charge in [-0.05, 0) is 56.7 Å². The lowest BCUT2D eigenvalue weighted by Gasteiger charge is -2.34. The first kappa shape index (κ1) is 33.7. The van der Waals surface area contributed by atoms with Crippen molar-refractivity contribution in [3.8, 4) is 17.4 Å². The van der Waals surface area contributed by atoms with Crippen molar-refractivity contribution in [2.24, 2.45) is 5.92 Å². The SMILES string of the molecule is COc1cc(N2CCN(C)CC2)ccc1Nc1ncc(Cl)c(Oc2cccc(NC(=O)C(C[SH]=C(C)O)C[SH]=C(C)O)c2)n1. The molecule has 0 atom stereocenters. The zero-order chi connectivity index (χ0) is 31.6. The summed E-state index contributed by atoms with van der Waals surface area (Å²) >= 11 is 7.71. The third kappa shape index (κ3) is 9.91. The van der Waals surface area contributed by atoms with E-state index in [0.717, 1.165) is 31.9 Å². The highest BCUT2D eigenvalue weighted by atomic mass is 35.5. The first-order valence-electron chi connectivity index (χ1n) is 14.0. The van der Waals surface area contributed by atoms with Gasteiger partial charge in [0.15, 0.2) is 0 Å². The topological polar surface area (TPSA) is 132 Å². The number of rotatable bonds is 12. The summed E-state index contributed by atoms with van der Waals surface area (Å²) in [6.45, 7) is 7.10. The number of anilines is 4. The molecule has 0 radical (unpaired) electrons. The molecule has 3 aromatic rings. The van der Waals surface area contributed by atoms with Crippen LogP contribution in [0.3, 0.4) is 0 Å². The summed E-state index contributed by atoms with van der Waals surface area (Å²) in [5, 5.41) is 26.0. The average Bonchev–Trinajstić information content (AvgIpc) is 2.99. The van der Waals surface area contributed by atoms with E-state index in [2.05, 4.69) is 37.4 Å². The largest absolute Gasteiger partial charge is 0.494 e. The Morgan fingerprint density at radius 2 is 1.77 bits per heavy atom. The number of methoxy groups -OCH3 is 1. The molecule has 0 spiro atoms. The number of hydrogen-bond acceptors (Lipinski definition) is 8. The highest BCUT2D eigenvalue weighted by Crippen LogP contribution is 2.34. The van der Waals surface area contributed by atoms with Gasteiger partial charge in [0.05, 0.1) is 35.0 Å². The number of thiol groups is 2. The van der Waals surface area contributed by atoms with E-state index in [1.54, 1.807) is 45.2 Å². The van der Waals surface area contributed by atoms with Crippen LogP contribution in [0.15, 0.2) is 48.7 Å². The molecule has 1 aliphatic rings. The van der Waals surface area contributed by atoms with Crippen LogP contribution in [0.4, 0.5) is 23.0 Å². The number of nitrogens with one attached hydrogen (secondary N) is 2. The molecule has 14 heteroatoms. The molecule has 4 rings (SSSR count). The fourth-order valence-corrected chi connectivity index (χ4v) is 6.24. The van der Waals surface area contributed by atoms with Crippen LogP contribution in [0, 0.1) is 5.92 Å². The highest BCUT2D eigenvalue weighted by molar-refractivity contribution is 7.99.